The number of nitrogens with zero attached hydrogens (tertiary/aromatic N) is 3. The van der Waals surface area contributed by atoms with Crippen molar-refractivity contribution in [2.45, 2.75) is 63.4 Å². The third-order valence-electron chi connectivity index (χ3n) is 8.53. The molecule has 4 heterocycles. The lowest BCUT2D eigenvalue weighted by Gasteiger charge is -2.36. The van der Waals surface area contributed by atoms with Gasteiger partial charge in [0.1, 0.15) is 12.2 Å². The molecule has 0 bridgehead atoms. The van der Waals surface area contributed by atoms with Gasteiger partial charge in [-0.2, -0.15) is 0 Å². The van der Waals surface area contributed by atoms with E-state index in [0.717, 1.165) is 37.9 Å². The van der Waals surface area contributed by atoms with Crippen molar-refractivity contribution in [3.05, 3.63) is 65.6 Å². The quantitative estimate of drug-likeness (QED) is 0.436. The van der Waals surface area contributed by atoms with Crippen LogP contribution in [0.25, 0.3) is 5.57 Å². The molecule has 0 radical (unpaired) electrons. The zero-order chi connectivity index (χ0) is 28.2. The highest BCUT2D eigenvalue weighted by molar-refractivity contribution is 5.90. The first-order valence-electron chi connectivity index (χ1n) is 14.6. The van der Waals surface area contributed by atoms with E-state index in [9.17, 15) is 9.59 Å². The molecule has 1 aromatic rings. The molecule has 5 rings (SSSR count). The smallest absolute Gasteiger partial charge is 0.246 e. The van der Waals surface area contributed by atoms with E-state index in [1.807, 2.05) is 11.8 Å². The number of benzene rings is 1. The summed E-state index contributed by atoms with van der Waals surface area (Å²) in [6.07, 6.45) is 11.8. The average Bonchev–Trinajstić information content (AvgIpc) is 3.63. The molecule has 4 aliphatic rings. The number of rotatable bonds is 9. The third kappa shape index (κ3) is 6.11. The van der Waals surface area contributed by atoms with Crippen LogP contribution in [0.5, 0.6) is 0 Å². The highest BCUT2D eigenvalue weighted by Gasteiger charge is 2.42. The van der Waals surface area contributed by atoms with E-state index in [1.54, 1.807) is 7.05 Å². The van der Waals surface area contributed by atoms with Gasteiger partial charge in [-0.25, -0.2) is 0 Å². The second-order valence-corrected chi connectivity index (χ2v) is 11.6. The molecule has 216 valence electrons. The molecule has 4 aliphatic heterocycles. The minimum absolute atomic E-state index is 0.0141. The van der Waals surface area contributed by atoms with Crippen molar-refractivity contribution in [1.82, 2.24) is 30.7 Å². The fourth-order valence-electron chi connectivity index (χ4n) is 6.19. The lowest BCUT2D eigenvalue weighted by atomic mass is 9.90. The first kappa shape index (κ1) is 28.4. The molecule has 3 N–H and O–H groups in total. The minimum atomic E-state index is -0.548. The highest BCUT2D eigenvalue weighted by Crippen LogP contribution is 2.34. The molecule has 4 atom stereocenters. The second kappa shape index (κ2) is 12.6. The maximum atomic E-state index is 14.1. The summed E-state index contributed by atoms with van der Waals surface area (Å²) in [5, 5.41) is 9.84. The van der Waals surface area contributed by atoms with Crippen LogP contribution >= 0.6 is 0 Å². The summed E-state index contributed by atoms with van der Waals surface area (Å²) in [4.78, 5) is 33.4. The van der Waals surface area contributed by atoms with Gasteiger partial charge in [0.25, 0.3) is 0 Å². The number of hydrogen-bond donors (Lipinski definition) is 3. The number of carbonyl (C=O) groups excluding carboxylic acids is 2. The summed E-state index contributed by atoms with van der Waals surface area (Å²) < 4.78 is 5.57. The van der Waals surface area contributed by atoms with Crippen LogP contribution in [-0.2, 0) is 20.9 Å². The van der Waals surface area contributed by atoms with Crippen LogP contribution in [0, 0.1) is 5.92 Å². The largest absolute Gasteiger partial charge is 0.381 e. The number of nitrogens with one attached hydrogen (secondary N) is 3. The number of fused-ring (bicyclic) bond motifs is 1. The zero-order valence-electron chi connectivity index (χ0n) is 24.2. The molecule has 0 spiro atoms. The third-order valence-corrected chi connectivity index (χ3v) is 8.53. The van der Waals surface area contributed by atoms with Crippen molar-refractivity contribution in [1.29, 1.82) is 0 Å². The summed E-state index contributed by atoms with van der Waals surface area (Å²) in [6, 6.07) is 7.82. The molecule has 3 unspecified atom stereocenters. The van der Waals surface area contributed by atoms with E-state index < -0.39 is 6.04 Å². The van der Waals surface area contributed by atoms with Crippen molar-refractivity contribution in [2.24, 2.45) is 5.92 Å². The van der Waals surface area contributed by atoms with E-state index in [1.165, 1.54) is 16.7 Å². The predicted octanol–water partition coefficient (Wildman–Crippen LogP) is 2.24. The van der Waals surface area contributed by atoms with E-state index in [2.05, 4.69) is 88.7 Å². The van der Waals surface area contributed by atoms with Crippen molar-refractivity contribution in [2.75, 3.05) is 40.9 Å². The van der Waals surface area contributed by atoms with Crippen LogP contribution in [-0.4, -0.2) is 91.7 Å². The van der Waals surface area contributed by atoms with Crippen LogP contribution in [0.2, 0.25) is 0 Å². The monoisotopic (exact) mass is 548 g/mol. The van der Waals surface area contributed by atoms with Gasteiger partial charge in [0, 0.05) is 44.3 Å². The molecule has 0 saturated carbocycles. The fourth-order valence-corrected chi connectivity index (χ4v) is 6.19. The number of carbonyl (C=O) groups is 2. The first-order valence-corrected chi connectivity index (χ1v) is 14.6. The predicted molar refractivity (Wildman–Crippen MR) is 157 cm³/mol. The molecule has 9 heteroatoms. The summed E-state index contributed by atoms with van der Waals surface area (Å²) in [6.45, 7) is 4.66. The van der Waals surface area contributed by atoms with Gasteiger partial charge in [-0.3, -0.25) is 9.59 Å². The Labute approximate surface area is 238 Å². The number of likely N-dealkylation sites (N-methyl/N-ethyl adjacent to an activating group) is 1. The number of allylic oxidation sites excluding steroid dienone is 2. The summed E-state index contributed by atoms with van der Waals surface area (Å²) >= 11 is 0. The lowest BCUT2D eigenvalue weighted by molar-refractivity contribution is -0.139. The number of likely N-dealkylation sites (tertiary alicyclic amines) is 1. The van der Waals surface area contributed by atoms with Crippen molar-refractivity contribution < 1.29 is 14.3 Å². The van der Waals surface area contributed by atoms with Gasteiger partial charge in [-0.05, 0) is 76.9 Å². The Balaban J connectivity index is 1.31. The van der Waals surface area contributed by atoms with Gasteiger partial charge >= 0.3 is 0 Å². The van der Waals surface area contributed by atoms with Gasteiger partial charge in [0.2, 0.25) is 11.8 Å². The highest BCUT2D eigenvalue weighted by atomic mass is 16.5. The Morgan fingerprint density at radius 1 is 1.15 bits per heavy atom. The van der Waals surface area contributed by atoms with E-state index in [0.29, 0.717) is 19.8 Å². The average molecular weight is 549 g/mol. The number of amides is 2. The normalized spacial score (nSPS) is 24.3. The van der Waals surface area contributed by atoms with Crippen molar-refractivity contribution in [3.8, 4) is 0 Å². The molecular weight excluding hydrogens is 504 g/mol. The molecule has 40 heavy (non-hydrogen) atoms. The van der Waals surface area contributed by atoms with E-state index in [-0.39, 0.29) is 36.0 Å². The number of ether oxygens (including phenoxy) is 1. The van der Waals surface area contributed by atoms with Crippen LogP contribution in [0.4, 0.5) is 0 Å². The molecule has 0 aliphatic carbocycles. The van der Waals surface area contributed by atoms with E-state index >= 15 is 0 Å². The van der Waals surface area contributed by atoms with Crippen molar-refractivity contribution in [3.63, 3.8) is 0 Å². The van der Waals surface area contributed by atoms with Crippen LogP contribution in [0.1, 0.15) is 43.7 Å². The Morgan fingerprint density at radius 2 is 1.90 bits per heavy atom. The van der Waals surface area contributed by atoms with E-state index in [4.69, 9.17) is 4.74 Å². The Bertz CT molecular complexity index is 1150. The second-order valence-electron chi connectivity index (χ2n) is 11.6. The van der Waals surface area contributed by atoms with Gasteiger partial charge < -0.3 is 35.4 Å². The molecule has 0 aromatic heterocycles. The summed E-state index contributed by atoms with van der Waals surface area (Å²) in [7, 11) is 5.92. The van der Waals surface area contributed by atoms with Crippen LogP contribution in [0.3, 0.4) is 0 Å². The minimum Gasteiger partial charge on any atom is -0.381 e. The Morgan fingerprint density at radius 3 is 2.60 bits per heavy atom. The maximum Gasteiger partial charge on any atom is 0.246 e. The summed E-state index contributed by atoms with van der Waals surface area (Å²) in [5.41, 5.74) is 4.73. The Kier molecular flexibility index (Phi) is 8.93. The summed E-state index contributed by atoms with van der Waals surface area (Å²) in [5.74, 6) is -0.0587. The standard InChI is InChI=1S/C31H44N6O3/c1-21(32-2)30(38)34-28(24-13-17-40-18-14-24)31(39)37-16-6-8-27(37)26-20-36-15-5-7-25(29(36)33-26)23-11-9-22(10-12-23)19-35(3)4/h5,7,9-12,15,20-21,24,27-29,32-33H,6,8,13-14,16-19H2,1-4H3,(H,34,38)/t21-,27?,28?,29?/m0/s1. The Hall–Kier alpha value is -3.14. The SMILES string of the molecule is CN[C@@H](C)C(=O)NC(C(=O)N1CCCC1C1=CN2C=CC=C(c3ccc(CN(C)C)cc3)C2N1)C1CCOCC1. The van der Waals surface area contributed by atoms with Crippen LogP contribution in [0.15, 0.2) is 54.5 Å². The first-order chi connectivity index (χ1) is 19.4. The molecule has 2 saturated heterocycles. The van der Waals surface area contributed by atoms with Gasteiger partial charge in [-0.15, -0.1) is 0 Å². The van der Waals surface area contributed by atoms with Gasteiger partial charge in [0.15, 0.2) is 0 Å². The maximum absolute atomic E-state index is 14.1. The molecule has 1 aromatic carbocycles. The van der Waals surface area contributed by atoms with Crippen molar-refractivity contribution >= 4 is 17.4 Å². The molecule has 2 fully saturated rings. The molecule has 9 nitrogen and oxygen atoms in total. The van der Waals surface area contributed by atoms with Gasteiger partial charge in [-0.1, -0.05) is 30.3 Å². The lowest BCUT2D eigenvalue weighted by Crippen LogP contribution is -2.57. The topological polar surface area (TPSA) is 89.2 Å². The molecule has 2 amide bonds. The van der Waals surface area contributed by atoms with Gasteiger partial charge in [0.05, 0.1) is 17.8 Å². The zero-order valence-corrected chi connectivity index (χ0v) is 24.2. The van der Waals surface area contributed by atoms with Crippen LogP contribution < -0.4 is 16.0 Å². The molecular formula is C31H44N6O3. The fraction of sp³-hybridized carbons (Fsp3) is 0.548. The number of hydrogen-bond acceptors (Lipinski definition) is 7.